The predicted molar refractivity (Wildman–Crippen MR) is 620 cm³/mol. The highest BCUT2D eigenvalue weighted by atomic mass is 32.1. The maximum Gasteiger partial charge on any atom is 0.167 e. The molecule has 15 nitrogen and oxygen atoms in total. The lowest BCUT2D eigenvalue weighted by molar-refractivity contribution is 1.04. The second-order valence-corrected chi connectivity index (χ2v) is 40.1. The van der Waals surface area contributed by atoms with Crippen molar-refractivity contribution in [1.29, 1.82) is 0 Å². The molecule has 18 heteroatoms. The first kappa shape index (κ1) is 88.2. The SMILES string of the molecule is c1ccc(-c2cnc(-n3c4ccccc4c4c5c(ccc43)sc3ccccc35)c(-c3nc(-c4ccccc4)nc(-c4ccccc4)n3)c2)cc1.c1ccc(-c2cnc(-n3c4ccccc4c4cc5c(cc43)sc3ccccc35)c(-c3nc(-c4ccccc4)nc(-c4ccccc4)n3)c2)cc1.c1ccc(-c2cnc(-n3c4ccccc4c4ccc5c6ccccc6sc5c43)c(-c3nc(-c4ccccc4)nc(-c4ccccc4)n3)c2)cc1. The van der Waals surface area contributed by atoms with Gasteiger partial charge in [-0.05, 0) is 95.6 Å². The van der Waals surface area contributed by atoms with Gasteiger partial charge in [0.25, 0.3) is 0 Å². The van der Waals surface area contributed by atoms with Crippen molar-refractivity contribution in [2.75, 3.05) is 0 Å². The van der Waals surface area contributed by atoms with Gasteiger partial charge in [-0.3, -0.25) is 13.7 Å². The van der Waals surface area contributed by atoms with Crippen molar-refractivity contribution < 1.29 is 0 Å². The number of nitrogens with zero attached hydrogens (tertiary/aromatic N) is 15. The van der Waals surface area contributed by atoms with Crippen LogP contribution in [0.5, 0.6) is 0 Å². The van der Waals surface area contributed by atoms with E-state index in [4.69, 9.17) is 59.8 Å². The monoisotopic (exact) mass is 1970 g/mol. The molecule has 30 aromatic rings. The summed E-state index contributed by atoms with van der Waals surface area (Å²) in [5.41, 5.74) is 20.7. The molecule has 0 aliphatic rings. The molecule has 0 unspecified atom stereocenters. The number of para-hydroxylation sites is 3. The van der Waals surface area contributed by atoms with Crippen molar-refractivity contribution in [2.45, 2.75) is 0 Å². The van der Waals surface area contributed by atoms with Crippen LogP contribution >= 0.6 is 34.0 Å². The second kappa shape index (κ2) is 37.6. The molecular weight excluding hydrogens is 1890 g/mol. The molecule has 12 heterocycles. The fourth-order valence-corrected chi connectivity index (χ4v) is 24.4. The van der Waals surface area contributed by atoms with Crippen molar-refractivity contribution in [3.05, 3.63) is 492 Å². The third-order valence-corrected chi connectivity index (χ3v) is 31.4. The van der Waals surface area contributed by atoms with Gasteiger partial charge in [0.15, 0.2) is 52.4 Å². The van der Waals surface area contributed by atoms with Crippen LogP contribution in [0.3, 0.4) is 0 Å². The zero-order valence-corrected chi connectivity index (χ0v) is 82.6. The van der Waals surface area contributed by atoms with Gasteiger partial charge in [-0.1, -0.05) is 394 Å². The van der Waals surface area contributed by atoms with Crippen molar-refractivity contribution >= 4 is 160 Å². The van der Waals surface area contributed by atoms with Crippen LogP contribution in [-0.2, 0) is 0 Å². The average Bonchev–Trinajstić information content (AvgIpc) is 1.56. The Kier molecular flexibility index (Phi) is 22.1. The highest BCUT2D eigenvalue weighted by Crippen LogP contribution is 2.50. The molecule has 0 radical (unpaired) electrons. The molecule has 150 heavy (non-hydrogen) atoms. The van der Waals surface area contributed by atoms with Crippen LogP contribution in [0.1, 0.15) is 0 Å². The van der Waals surface area contributed by atoms with E-state index >= 15 is 0 Å². The van der Waals surface area contributed by atoms with Crippen LogP contribution in [-0.4, -0.2) is 73.5 Å². The smallest absolute Gasteiger partial charge is 0.167 e. The molecule has 12 aromatic heterocycles. The summed E-state index contributed by atoms with van der Waals surface area (Å²) in [6.07, 6.45) is 5.89. The molecule has 0 saturated carbocycles. The minimum absolute atomic E-state index is 0.561. The summed E-state index contributed by atoms with van der Waals surface area (Å²) in [6.45, 7) is 0. The van der Waals surface area contributed by atoms with Crippen molar-refractivity contribution in [3.63, 3.8) is 0 Å². The number of hydrogen-bond donors (Lipinski definition) is 0. The predicted octanol–water partition coefficient (Wildman–Crippen LogP) is 34.2. The number of rotatable bonds is 15. The minimum atomic E-state index is 0.561. The van der Waals surface area contributed by atoms with E-state index < -0.39 is 0 Å². The van der Waals surface area contributed by atoms with E-state index in [0.29, 0.717) is 52.4 Å². The third-order valence-electron chi connectivity index (χ3n) is 27.9. The fourth-order valence-electron chi connectivity index (χ4n) is 20.9. The topological polar surface area (TPSA) is 169 Å². The van der Waals surface area contributed by atoms with Crippen molar-refractivity contribution in [1.82, 2.24) is 73.5 Å². The summed E-state index contributed by atoms with van der Waals surface area (Å²) < 4.78 is 14.5. The van der Waals surface area contributed by atoms with Crippen LogP contribution < -0.4 is 0 Å². The molecule has 0 bridgehead atoms. The van der Waals surface area contributed by atoms with E-state index in [0.717, 1.165) is 134 Å². The van der Waals surface area contributed by atoms with E-state index in [1.54, 1.807) is 0 Å². The second-order valence-electron chi connectivity index (χ2n) is 36.9. The zero-order valence-electron chi connectivity index (χ0n) is 80.2. The maximum absolute atomic E-state index is 5.31. The number of benzene rings is 18. The van der Waals surface area contributed by atoms with Crippen LogP contribution in [0.15, 0.2) is 492 Å². The summed E-state index contributed by atoms with van der Waals surface area (Å²) in [5.74, 6) is 7.65. The normalized spacial score (nSPS) is 11.6. The Balaban J connectivity index is 0.000000108. The Bertz CT molecular complexity index is 10300. The summed E-state index contributed by atoms with van der Waals surface area (Å²) in [4.78, 5) is 61.9. The Morgan fingerprint density at radius 3 is 0.860 bits per heavy atom. The van der Waals surface area contributed by atoms with Gasteiger partial charge in [-0.25, -0.2) is 59.8 Å². The van der Waals surface area contributed by atoms with E-state index in [1.165, 1.54) is 92.8 Å². The Morgan fingerprint density at radius 2 is 0.447 bits per heavy atom. The molecule has 0 saturated heterocycles. The quantitative estimate of drug-likeness (QED) is 0.0953. The van der Waals surface area contributed by atoms with Gasteiger partial charge in [0.05, 0.1) is 54.5 Å². The van der Waals surface area contributed by atoms with Crippen molar-refractivity contribution in [3.8, 4) is 153 Å². The Morgan fingerprint density at radius 1 is 0.153 bits per heavy atom. The summed E-state index contributed by atoms with van der Waals surface area (Å²) in [5, 5.41) is 14.7. The molecule has 0 fully saturated rings. The van der Waals surface area contributed by atoms with Gasteiger partial charge >= 0.3 is 0 Å². The number of thiophene rings is 3. The molecule has 0 atom stereocenters. The van der Waals surface area contributed by atoms with Gasteiger partial charge in [-0.15, -0.1) is 34.0 Å². The number of hydrogen-bond acceptors (Lipinski definition) is 15. The third kappa shape index (κ3) is 15.8. The molecular formula is C132H81N15S3. The van der Waals surface area contributed by atoms with Gasteiger partial charge in [-0.2, -0.15) is 0 Å². The van der Waals surface area contributed by atoms with Crippen LogP contribution in [0, 0.1) is 0 Å². The van der Waals surface area contributed by atoms with E-state index in [9.17, 15) is 0 Å². The maximum atomic E-state index is 5.31. The first-order valence-electron chi connectivity index (χ1n) is 49.7. The van der Waals surface area contributed by atoms with Gasteiger partial charge in [0.1, 0.15) is 17.5 Å². The summed E-state index contributed by atoms with van der Waals surface area (Å²) >= 11 is 5.49. The summed E-state index contributed by atoms with van der Waals surface area (Å²) in [6, 6.07) is 164. The van der Waals surface area contributed by atoms with Crippen LogP contribution in [0.25, 0.3) is 279 Å². The number of fused-ring (bicyclic) bond motifs is 20. The van der Waals surface area contributed by atoms with Gasteiger partial charge in [0.2, 0.25) is 0 Å². The Hall–Kier alpha value is -19.5. The zero-order chi connectivity index (χ0) is 99.1. The molecule has 702 valence electrons. The molecule has 0 aliphatic carbocycles. The van der Waals surface area contributed by atoms with E-state index in [-0.39, 0.29) is 0 Å². The highest BCUT2D eigenvalue weighted by molar-refractivity contribution is 7.27. The minimum Gasteiger partial charge on any atom is -0.293 e. The highest BCUT2D eigenvalue weighted by Gasteiger charge is 2.30. The molecule has 0 amide bonds. The largest absolute Gasteiger partial charge is 0.293 e. The molecule has 0 N–H and O–H groups in total. The van der Waals surface area contributed by atoms with Crippen LogP contribution in [0.2, 0.25) is 0 Å². The number of pyridine rings is 3. The fraction of sp³-hybridized carbons (Fsp3) is 0. The molecule has 0 aliphatic heterocycles. The van der Waals surface area contributed by atoms with E-state index in [1.807, 2.05) is 253 Å². The standard InChI is InChI=1S/3C44H27N5S/c1-4-14-28(15-5-1)31-24-36(43-47-41(29-16-6-2-7-17-29)46-42(48-43)30-18-8-3-9-19-30)44(45-27-31)49-37-22-12-10-20-32(37)34-25-35-33-21-11-13-23-39(33)50-40(35)26-38(34)49;1-4-14-28(15-5-1)31-26-34(43-47-41(29-16-6-2-7-17-29)46-42(48-43)30-18-8-3-9-19-30)44(45-27-31)49-35-22-12-10-20-32(35)39-36(49)24-25-38-40(39)33-21-11-13-23-37(33)50-38;1-4-14-28(15-5-1)31-26-36(43-47-41(29-16-6-2-7-17-29)46-42(48-43)30-18-8-3-9-19-30)44(45-27-31)49-37-22-12-10-20-32(37)34-24-25-35-33-21-11-13-23-38(33)50-40(35)39(34)49/h3*1-27H. The van der Waals surface area contributed by atoms with Gasteiger partial charge in [0, 0.05) is 157 Å². The van der Waals surface area contributed by atoms with Gasteiger partial charge < -0.3 is 0 Å². The lowest BCUT2D eigenvalue weighted by Gasteiger charge is -2.15. The first-order chi connectivity index (χ1) is 74.4. The summed E-state index contributed by atoms with van der Waals surface area (Å²) in [7, 11) is 0. The van der Waals surface area contributed by atoms with Crippen LogP contribution in [0.4, 0.5) is 0 Å². The lowest BCUT2D eigenvalue weighted by atomic mass is 10.0. The molecule has 0 spiro atoms. The van der Waals surface area contributed by atoms with E-state index in [2.05, 4.69) is 287 Å². The first-order valence-corrected chi connectivity index (χ1v) is 52.1. The molecule has 30 rings (SSSR count). The lowest BCUT2D eigenvalue weighted by Crippen LogP contribution is -2.05. The van der Waals surface area contributed by atoms with Crippen molar-refractivity contribution in [2.24, 2.45) is 0 Å². The Labute approximate surface area is 871 Å². The molecule has 18 aromatic carbocycles. The number of aromatic nitrogens is 15. The average molecular weight is 1970 g/mol.